The molecule has 0 saturated heterocycles. The maximum Gasteiger partial charge on any atom is 0.243 e. The summed E-state index contributed by atoms with van der Waals surface area (Å²) in [7, 11) is -2.24. The van der Waals surface area contributed by atoms with Crippen LogP contribution in [0.25, 0.3) is 0 Å². The number of anilines is 1. The number of carbonyl (C=O) groups is 1. The van der Waals surface area contributed by atoms with Crippen LogP contribution in [0.1, 0.15) is 18.9 Å². The molecule has 0 aliphatic carbocycles. The zero-order chi connectivity index (χ0) is 20.7. The quantitative estimate of drug-likeness (QED) is 0.670. The number of nitrogens with one attached hydrogen (secondary N) is 1. The predicted molar refractivity (Wildman–Crippen MR) is 113 cm³/mol. The van der Waals surface area contributed by atoms with E-state index in [0.29, 0.717) is 30.8 Å². The van der Waals surface area contributed by atoms with Crippen molar-refractivity contribution in [3.8, 4) is 5.75 Å². The average molecular weight is 425 g/mol. The smallest absolute Gasteiger partial charge is 0.243 e. The summed E-state index contributed by atoms with van der Waals surface area (Å²) in [6.07, 6.45) is 2.05. The second-order valence-corrected chi connectivity index (χ2v) is 8.59. The highest BCUT2D eigenvalue weighted by atomic mass is 35.5. The molecule has 8 heteroatoms. The monoisotopic (exact) mass is 424 g/mol. The predicted octanol–water partition coefficient (Wildman–Crippen LogP) is 3.25. The topological polar surface area (TPSA) is 75.7 Å². The Kier molecular flexibility index (Phi) is 7.71. The number of benzene rings is 2. The minimum atomic E-state index is -3.71. The summed E-state index contributed by atoms with van der Waals surface area (Å²) in [5.74, 6) is 0.0787. The number of halogens is 1. The highest BCUT2D eigenvalue weighted by Gasteiger charge is 2.31. The summed E-state index contributed by atoms with van der Waals surface area (Å²) in [5.41, 5.74) is 1.41. The van der Waals surface area contributed by atoms with E-state index < -0.39 is 16.1 Å². The molecule has 0 fully saturated rings. The van der Waals surface area contributed by atoms with Crippen molar-refractivity contribution in [3.05, 3.63) is 59.1 Å². The third-order valence-corrected chi connectivity index (χ3v) is 5.75. The molecule has 0 aliphatic heterocycles. The Labute approximate surface area is 171 Å². The van der Waals surface area contributed by atoms with Gasteiger partial charge in [-0.25, -0.2) is 8.42 Å². The van der Waals surface area contributed by atoms with Gasteiger partial charge in [-0.2, -0.15) is 0 Å². The van der Waals surface area contributed by atoms with Crippen LogP contribution < -0.4 is 14.4 Å². The zero-order valence-corrected chi connectivity index (χ0v) is 17.8. The minimum Gasteiger partial charge on any atom is -0.495 e. The van der Waals surface area contributed by atoms with Gasteiger partial charge in [0, 0.05) is 6.54 Å². The number of rotatable bonds is 9. The van der Waals surface area contributed by atoms with Crippen LogP contribution in [0.5, 0.6) is 5.75 Å². The van der Waals surface area contributed by atoms with E-state index in [4.69, 9.17) is 16.3 Å². The summed E-state index contributed by atoms with van der Waals surface area (Å²) < 4.78 is 31.2. The molecule has 2 aromatic rings. The fourth-order valence-corrected chi connectivity index (χ4v) is 4.40. The van der Waals surface area contributed by atoms with Crippen LogP contribution >= 0.6 is 11.6 Å². The Balaban J connectivity index is 2.20. The first kappa shape index (κ1) is 22.0. The molecule has 1 N–H and O–H groups in total. The second kappa shape index (κ2) is 9.80. The summed E-state index contributed by atoms with van der Waals surface area (Å²) in [6, 6.07) is 13.5. The van der Waals surface area contributed by atoms with E-state index in [1.54, 1.807) is 19.1 Å². The van der Waals surface area contributed by atoms with Crippen molar-refractivity contribution in [2.24, 2.45) is 0 Å². The van der Waals surface area contributed by atoms with Gasteiger partial charge in [-0.3, -0.25) is 9.10 Å². The second-order valence-electron chi connectivity index (χ2n) is 6.33. The average Bonchev–Trinajstić information content (AvgIpc) is 2.65. The SMILES string of the molecule is CCC(C(=O)NCCc1ccccc1)N(c1ccc(OC)c(Cl)c1)S(C)(=O)=O. The van der Waals surface area contributed by atoms with Gasteiger partial charge >= 0.3 is 0 Å². The molecular weight excluding hydrogens is 400 g/mol. The van der Waals surface area contributed by atoms with Gasteiger partial charge in [-0.05, 0) is 36.6 Å². The van der Waals surface area contributed by atoms with Gasteiger partial charge in [0.25, 0.3) is 0 Å². The van der Waals surface area contributed by atoms with Crippen molar-refractivity contribution in [1.82, 2.24) is 5.32 Å². The lowest BCUT2D eigenvalue weighted by Gasteiger charge is -2.30. The normalized spacial score (nSPS) is 12.3. The molecule has 0 saturated carbocycles. The van der Waals surface area contributed by atoms with Gasteiger partial charge in [0.05, 0.1) is 24.1 Å². The Bertz CT molecular complexity index is 904. The first-order valence-electron chi connectivity index (χ1n) is 8.92. The van der Waals surface area contributed by atoms with Gasteiger partial charge < -0.3 is 10.1 Å². The van der Waals surface area contributed by atoms with E-state index in [0.717, 1.165) is 16.1 Å². The van der Waals surface area contributed by atoms with Crippen LogP contribution in [-0.2, 0) is 21.2 Å². The van der Waals surface area contributed by atoms with Crippen molar-refractivity contribution in [1.29, 1.82) is 0 Å². The molecule has 2 aromatic carbocycles. The van der Waals surface area contributed by atoms with Gasteiger partial charge in [0.1, 0.15) is 11.8 Å². The van der Waals surface area contributed by atoms with Crippen molar-refractivity contribution < 1.29 is 17.9 Å². The molecule has 0 radical (unpaired) electrons. The molecule has 0 aliphatic rings. The fraction of sp³-hybridized carbons (Fsp3) is 0.350. The first-order valence-corrected chi connectivity index (χ1v) is 11.1. The van der Waals surface area contributed by atoms with Gasteiger partial charge in [0.2, 0.25) is 15.9 Å². The van der Waals surface area contributed by atoms with Crippen LogP contribution in [0.3, 0.4) is 0 Å². The Morgan fingerprint density at radius 2 is 1.89 bits per heavy atom. The molecule has 0 spiro atoms. The molecule has 0 bridgehead atoms. The standard InChI is InChI=1S/C20H25ClN2O4S/c1-4-18(20(24)22-13-12-15-8-6-5-7-9-15)23(28(3,25)26)16-10-11-19(27-2)17(21)14-16/h5-11,14,18H,4,12-13H2,1-3H3,(H,22,24). The maximum absolute atomic E-state index is 12.8. The van der Waals surface area contributed by atoms with Crippen LogP contribution in [0, 0.1) is 0 Å². The Hall–Kier alpha value is -2.25. The summed E-state index contributed by atoms with van der Waals surface area (Å²) in [4.78, 5) is 12.8. The van der Waals surface area contributed by atoms with Crippen LogP contribution in [0.2, 0.25) is 5.02 Å². The van der Waals surface area contributed by atoms with Crippen molar-refractivity contribution >= 4 is 33.2 Å². The molecule has 0 aromatic heterocycles. The molecule has 0 heterocycles. The molecule has 2 rings (SSSR count). The van der Waals surface area contributed by atoms with Crippen LogP contribution in [0.4, 0.5) is 5.69 Å². The number of sulfonamides is 1. The largest absolute Gasteiger partial charge is 0.495 e. The third kappa shape index (κ3) is 5.62. The lowest BCUT2D eigenvalue weighted by molar-refractivity contribution is -0.122. The minimum absolute atomic E-state index is 0.271. The van der Waals surface area contributed by atoms with Gasteiger partial charge in [-0.1, -0.05) is 48.9 Å². The van der Waals surface area contributed by atoms with Gasteiger partial charge in [-0.15, -0.1) is 0 Å². The maximum atomic E-state index is 12.8. The molecular formula is C20H25ClN2O4S. The molecule has 152 valence electrons. The highest BCUT2D eigenvalue weighted by molar-refractivity contribution is 7.92. The van der Waals surface area contributed by atoms with E-state index in [2.05, 4.69) is 5.32 Å². The van der Waals surface area contributed by atoms with Crippen LogP contribution in [-0.4, -0.2) is 40.3 Å². The number of carbonyl (C=O) groups excluding carboxylic acids is 1. The lowest BCUT2D eigenvalue weighted by atomic mass is 10.1. The van der Waals surface area contributed by atoms with E-state index in [1.807, 2.05) is 30.3 Å². The number of amides is 1. The summed E-state index contributed by atoms with van der Waals surface area (Å²) >= 11 is 6.16. The lowest BCUT2D eigenvalue weighted by Crippen LogP contribution is -2.49. The van der Waals surface area contributed by atoms with E-state index in [9.17, 15) is 13.2 Å². The molecule has 1 amide bonds. The van der Waals surface area contributed by atoms with E-state index >= 15 is 0 Å². The Morgan fingerprint density at radius 1 is 1.21 bits per heavy atom. The molecule has 28 heavy (non-hydrogen) atoms. The zero-order valence-electron chi connectivity index (χ0n) is 16.2. The van der Waals surface area contributed by atoms with Gasteiger partial charge in [0.15, 0.2) is 0 Å². The number of ether oxygens (including phenoxy) is 1. The van der Waals surface area contributed by atoms with Crippen molar-refractivity contribution in [2.45, 2.75) is 25.8 Å². The van der Waals surface area contributed by atoms with Crippen LogP contribution in [0.15, 0.2) is 48.5 Å². The van der Waals surface area contributed by atoms with Crippen molar-refractivity contribution in [2.75, 3.05) is 24.2 Å². The fourth-order valence-electron chi connectivity index (χ4n) is 2.95. The first-order chi connectivity index (χ1) is 13.3. The van der Waals surface area contributed by atoms with Crippen molar-refractivity contribution in [3.63, 3.8) is 0 Å². The molecule has 6 nitrogen and oxygen atoms in total. The molecule has 1 unspecified atom stereocenters. The number of nitrogens with zero attached hydrogens (tertiary/aromatic N) is 1. The third-order valence-electron chi connectivity index (χ3n) is 4.28. The van der Waals surface area contributed by atoms with E-state index in [1.165, 1.54) is 13.2 Å². The summed E-state index contributed by atoms with van der Waals surface area (Å²) in [5, 5.41) is 3.11. The van der Waals surface area contributed by atoms with E-state index in [-0.39, 0.29) is 10.9 Å². The number of methoxy groups -OCH3 is 1. The number of hydrogen-bond acceptors (Lipinski definition) is 4. The highest BCUT2D eigenvalue weighted by Crippen LogP contribution is 2.31. The molecule has 1 atom stereocenters. The number of hydrogen-bond donors (Lipinski definition) is 1. The summed E-state index contributed by atoms with van der Waals surface area (Å²) in [6.45, 7) is 2.19. The Morgan fingerprint density at radius 3 is 2.43 bits per heavy atom.